The Morgan fingerprint density at radius 3 is 2.36 bits per heavy atom. The molecular formula is C16H15ClF2N2O3S. The molecule has 0 aliphatic rings. The van der Waals surface area contributed by atoms with Crippen molar-refractivity contribution in [3.63, 3.8) is 0 Å². The van der Waals surface area contributed by atoms with Crippen molar-refractivity contribution >= 4 is 33.2 Å². The lowest BCUT2D eigenvalue weighted by Gasteiger charge is -2.22. The van der Waals surface area contributed by atoms with Crippen molar-refractivity contribution in [2.24, 2.45) is 0 Å². The van der Waals surface area contributed by atoms with Crippen molar-refractivity contribution in [3.05, 3.63) is 64.7 Å². The van der Waals surface area contributed by atoms with Gasteiger partial charge in [-0.1, -0.05) is 23.7 Å². The van der Waals surface area contributed by atoms with E-state index in [1.54, 1.807) is 24.3 Å². The smallest absolute Gasteiger partial charge is 0.241 e. The summed E-state index contributed by atoms with van der Waals surface area (Å²) >= 11 is 5.76. The first-order valence-electron chi connectivity index (χ1n) is 7.11. The molecule has 0 bridgehead atoms. The van der Waals surface area contributed by atoms with Gasteiger partial charge in [-0.05, 0) is 29.8 Å². The van der Waals surface area contributed by atoms with Crippen LogP contribution in [0.3, 0.4) is 0 Å². The van der Waals surface area contributed by atoms with Crippen LogP contribution in [0.25, 0.3) is 0 Å². The van der Waals surface area contributed by atoms with E-state index < -0.39 is 39.8 Å². The third-order valence-corrected chi connectivity index (χ3v) is 4.65. The highest BCUT2D eigenvalue weighted by molar-refractivity contribution is 7.92. The van der Waals surface area contributed by atoms with Crippen LogP contribution in [-0.2, 0) is 21.4 Å². The number of sulfonamides is 1. The Balaban J connectivity index is 2.11. The minimum atomic E-state index is -3.94. The van der Waals surface area contributed by atoms with Gasteiger partial charge in [-0.3, -0.25) is 9.10 Å². The van der Waals surface area contributed by atoms with Crippen molar-refractivity contribution in [2.75, 3.05) is 17.1 Å². The van der Waals surface area contributed by atoms with Crippen LogP contribution in [0.2, 0.25) is 5.02 Å². The van der Waals surface area contributed by atoms with Crippen molar-refractivity contribution in [3.8, 4) is 0 Å². The highest BCUT2D eigenvalue weighted by atomic mass is 35.5. The van der Waals surface area contributed by atoms with Gasteiger partial charge < -0.3 is 5.32 Å². The molecule has 0 spiro atoms. The molecule has 0 aromatic heterocycles. The predicted octanol–water partition coefficient (Wildman–Crippen LogP) is 2.70. The van der Waals surface area contributed by atoms with Gasteiger partial charge in [0.2, 0.25) is 15.9 Å². The largest absolute Gasteiger partial charge is 0.350 e. The Bertz CT molecular complexity index is 873. The van der Waals surface area contributed by atoms with E-state index in [1.165, 1.54) is 0 Å². The zero-order valence-electron chi connectivity index (χ0n) is 13.2. The van der Waals surface area contributed by atoms with Crippen molar-refractivity contribution < 1.29 is 22.0 Å². The van der Waals surface area contributed by atoms with Gasteiger partial charge in [0.05, 0.1) is 11.9 Å². The second-order valence-corrected chi connectivity index (χ2v) is 7.61. The van der Waals surface area contributed by atoms with Crippen molar-refractivity contribution in [1.82, 2.24) is 5.32 Å². The van der Waals surface area contributed by atoms with Crippen LogP contribution >= 0.6 is 11.6 Å². The molecule has 0 fully saturated rings. The third-order valence-electron chi connectivity index (χ3n) is 3.27. The monoisotopic (exact) mass is 388 g/mol. The standard InChI is InChI=1S/C16H15ClF2N2O3S/c1-25(23,24)21(15-7-6-13(18)8-14(15)19)10-16(22)20-9-11-2-4-12(17)5-3-11/h2-8H,9-10H2,1H3,(H,20,22). The van der Waals surface area contributed by atoms with E-state index in [-0.39, 0.29) is 6.54 Å². The van der Waals surface area contributed by atoms with Gasteiger partial charge >= 0.3 is 0 Å². The Hall–Kier alpha value is -2.19. The molecular weight excluding hydrogens is 374 g/mol. The number of hydrogen-bond acceptors (Lipinski definition) is 3. The summed E-state index contributed by atoms with van der Waals surface area (Å²) < 4.78 is 51.2. The quantitative estimate of drug-likeness (QED) is 0.827. The lowest BCUT2D eigenvalue weighted by molar-refractivity contribution is -0.119. The normalized spacial score (nSPS) is 11.2. The topological polar surface area (TPSA) is 66.5 Å². The van der Waals surface area contributed by atoms with Gasteiger partial charge in [0, 0.05) is 17.6 Å². The van der Waals surface area contributed by atoms with Crippen LogP contribution in [0, 0.1) is 11.6 Å². The maximum atomic E-state index is 13.9. The molecule has 25 heavy (non-hydrogen) atoms. The molecule has 2 rings (SSSR count). The third kappa shape index (κ3) is 5.40. The number of carbonyl (C=O) groups is 1. The van der Waals surface area contributed by atoms with Crippen molar-refractivity contribution in [1.29, 1.82) is 0 Å². The number of halogens is 3. The van der Waals surface area contributed by atoms with E-state index in [2.05, 4.69) is 5.32 Å². The summed E-state index contributed by atoms with van der Waals surface area (Å²) in [5.41, 5.74) is 0.363. The highest BCUT2D eigenvalue weighted by Gasteiger charge is 2.23. The summed E-state index contributed by atoms with van der Waals surface area (Å²) in [4.78, 5) is 12.1. The molecule has 9 heteroatoms. The maximum absolute atomic E-state index is 13.9. The average molecular weight is 389 g/mol. The molecule has 2 aromatic rings. The first-order chi connectivity index (χ1) is 11.7. The molecule has 5 nitrogen and oxygen atoms in total. The predicted molar refractivity (Wildman–Crippen MR) is 91.8 cm³/mol. The van der Waals surface area contributed by atoms with Gasteiger partial charge in [-0.2, -0.15) is 0 Å². The van der Waals surface area contributed by atoms with Gasteiger partial charge in [-0.15, -0.1) is 0 Å². The zero-order valence-corrected chi connectivity index (χ0v) is 14.7. The number of amides is 1. The van der Waals surface area contributed by atoms with Crippen LogP contribution in [0.5, 0.6) is 0 Å². The molecule has 0 aliphatic heterocycles. The zero-order chi connectivity index (χ0) is 18.6. The van der Waals surface area contributed by atoms with E-state index in [9.17, 15) is 22.0 Å². The van der Waals surface area contributed by atoms with Crippen LogP contribution in [0.1, 0.15) is 5.56 Å². The Labute approximate surface area is 149 Å². The van der Waals surface area contributed by atoms with E-state index in [0.717, 1.165) is 24.0 Å². The minimum absolute atomic E-state index is 0.152. The number of nitrogens with one attached hydrogen (secondary N) is 1. The highest BCUT2D eigenvalue weighted by Crippen LogP contribution is 2.22. The average Bonchev–Trinajstić information content (AvgIpc) is 2.52. The van der Waals surface area contributed by atoms with E-state index in [1.807, 2.05) is 0 Å². The van der Waals surface area contributed by atoms with E-state index >= 15 is 0 Å². The number of carbonyl (C=O) groups excluding carboxylic acids is 1. The summed E-state index contributed by atoms with van der Waals surface area (Å²) in [6, 6.07) is 9.16. The first-order valence-corrected chi connectivity index (χ1v) is 9.33. The number of rotatable bonds is 6. The van der Waals surface area contributed by atoms with Crippen LogP contribution in [-0.4, -0.2) is 27.1 Å². The second kappa shape index (κ2) is 7.79. The molecule has 0 heterocycles. The number of anilines is 1. The van der Waals surface area contributed by atoms with Gasteiger partial charge in [-0.25, -0.2) is 17.2 Å². The molecule has 0 saturated carbocycles. The fraction of sp³-hybridized carbons (Fsp3) is 0.188. The molecule has 1 N–H and O–H groups in total. The number of benzene rings is 2. The first kappa shape index (κ1) is 19.1. The fourth-order valence-corrected chi connectivity index (χ4v) is 3.04. The Kier molecular flexibility index (Phi) is 5.97. The maximum Gasteiger partial charge on any atom is 0.241 e. The summed E-state index contributed by atoms with van der Waals surface area (Å²) in [7, 11) is -3.94. The summed E-state index contributed by atoms with van der Waals surface area (Å²) in [6.45, 7) is -0.478. The molecule has 134 valence electrons. The molecule has 1 amide bonds. The molecule has 0 radical (unpaired) electrons. The molecule has 0 atom stereocenters. The molecule has 0 unspecified atom stereocenters. The number of hydrogen-bond donors (Lipinski definition) is 1. The van der Waals surface area contributed by atoms with Gasteiger partial charge in [0.1, 0.15) is 18.2 Å². The minimum Gasteiger partial charge on any atom is -0.350 e. The van der Waals surface area contributed by atoms with Crippen molar-refractivity contribution in [2.45, 2.75) is 6.54 Å². The van der Waals surface area contributed by atoms with Crippen LogP contribution in [0.15, 0.2) is 42.5 Å². The van der Waals surface area contributed by atoms with Gasteiger partial charge in [0.25, 0.3) is 0 Å². The van der Waals surface area contributed by atoms with Crippen LogP contribution < -0.4 is 9.62 Å². The second-order valence-electron chi connectivity index (χ2n) is 5.27. The molecule has 0 saturated heterocycles. The lowest BCUT2D eigenvalue weighted by Crippen LogP contribution is -2.40. The SMILES string of the molecule is CS(=O)(=O)N(CC(=O)NCc1ccc(Cl)cc1)c1ccc(F)cc1F. The Morgan fingerprint density at radius 2 is 1.80 bits per heavy atom. The molecule has 0 aliphatic carbocycles. The fourth-order valence-electron chi connectivity index (χ4n) is 2.05. The number of nitrogens with zero attached hydrogens (tertiary/aromatic N) is 1. The summed E-state index contributed by atoms with van der Waals surface area (Å²) in [5.74, 6) is -2.55. The lowest BCUT2D eigenvalue weighted by atomic mass is 10.2. The summed E-state index contributed by atoms with van der Waals surface area (Å²) in [6.07, 6.45) is 0.836. The molecule has 2 aromatic carbocycles. The van der Waals surface area contributed by atoms with E-state index in [0.29, 0.717) is 15.4 Å². The van der Waals surface area contributed by atoms with E-state index in [4.69, 9.17) is 11.6 Å². The summed E-state index contributed by atoms with van der Waals surface area (Å²) in [5, 5.41) is 3.08. The van der Waals surface area contributed by atoms with Gasteiger partial charge in [0.15, 0.2) is 0 Å². The van der Waals surface area contributed by atoms with Crippen LogP contribution in [0.4, 0.5) is 14.5 Å². The Morgan fingerprint density at radius 1 is 1.16 bits per heavy atom.